The Balaban J connectivity index is 1.63. The van der Waals surface area contributed by atoms with Crippen LogP contribution in [0.25, 0.3) is 5.69 Å². The molecule has 0 aliphatic heterocycles. The van der Waals surface area contributed by atoms with Crippen LogP contribution in [-0.4, -0.2) is 9.78 Å². The molecule has 0 fully saturated rings. The Bertz CT molecular complexity index is 1210. The van der Waals surface area contributed by atoms with E-state index in [4.69, 9.17) is 0 Å². The largest absolute Gasteiger partial charge is 0.286 e. The highest BCUT2D eigenvalue weighted by Crippen LogP contribution is 2.32. The van der Waals surface area contributed by atoms with Gasteiger partial charge in [-0.25, -0.2) is 0 Å². The molecule has 0 N–H and O–H groups in total. The molecule has 0 amide bonds. The summed E-state index contributed by atoms with van der Waals surface area (Å²) in [6.45, 7) is 0. The first-order valence-electron chi connectivity index (χ1n) is 9.52. The fourth-order valence-electron chi connectivity index (χ4n) is 2.89. The molecule has 31 heavy (non-hydrogen) atoms. The second-order valence-electron chi connectivity index (χ2n) is 6.72. The van der Waals surface area contributed by atoms with Gasteiger partial charge >= 0.3 is 0 Å². The van der Waals surface area contributed by atoms with Crippen LogP contribution in [0.2, 0.25) is 0 Å². The molecule has 0 bridgehead atoms. The summed E-state index contributed by atoms with van der Waals surface area (Å²) < 4.78 is 3.58. The minimum Gasteiger partial charge on any atom is -0.266 e. The van der Waals surface area contributed by atoms with Crippen LogP contribution in [0.1, 0.15) is 11.1 Å². The van der Waals surface area contributed by atoms with Crippen molar-refractivity contribution in [2.75, 3.05) is 0 Å². The van der Waals surface area contributed by atoms with E-state index in [1.54, 1.807) is 23.5 Å². The van der Waals surface area contributed by atoms with Gasteiger partial charge in [-0.15, -0.1) is 23.5 Å². The highest BCUT2D eigenvalue weighted by atomic mass is 79.9. The molecule has 0 aliphatic rings. The summed E-state index contributed by atoms with van der Waals surface area (Å²) in [5.41, 5.74) is 3.04. The standard InChI is InChI=1S/C24H18Br2N2OS2/c25-19-10-6-17(7-11-19)15-30-22-14-27-28(21-4-2-1-3-5-21)24(29)23(22)31-16-18-8-12-20(26)13-9-18/h1-14H,15-16H2. The van der Waals surface area contributed by atoms with Crippen LogP contribution in [-0.2, 0) is 11.5 Å². The fraction of sp³-hybridized carbons (Fsp3) is 0.0833. The van der Waals surface area contributed by atoms with Crippen molar-refractivity contribution in [1.82, 2.24) is 9.78 Å². The number of para-hydroxylation sites is 1. The molecular weight excluding hydrogens is 556 g/mol. The average Bonchev–Trinajstić information content (AvgIpc) is 2.80. The number of benzene rings is 3. The number of hydrogen-bond donors (Lipinski definition) is 0. The number of thioether (sulfide) groups is 2. The quantitative estimate of drug-likeness (QED) is 0.217. The predicted molar refractivity (Wildman–Crippen MR) is 137 cm³/mol. The molecule has 0 spiro atoms. The van der Waals surface area contributed by atoms with Crippen molar-refractivity contribution >= 4 is 55.4 Å². The third-order valence-electron chi connectivity index (χ3n) is 4.51. The van der Waals surface area contributed by atoms with Gasteiger partial charge in [0.1, 0.15) is 0 Å². The molecule has 3 aromatic carbocycles. The van der Waals surface area contributed by atoms with Gasteiger partial charge in [-0.1, -0.05) is 74.3 Å². The molecule has 7 heteroatoms. The molecule has 4 aromatic rings. The molecule has 0 saturated carbocycles. The second-order valence-corrected chi connectivity index (χ2v) is 10.6. The van der Waals surface area contributed by atoms with Crippen molar-refractivity contribution in [3.05, 3.63) is 115 Å². The van der Waals surface area contributed by atoms with Gasteiger partial charge in [-0.3, -0.25) is 4.79 Å². The highest BCUT2D eigenvalue weighted by Gasteiger charge is 2.14. The molecule has 0 aliphatic carbocycles. The molecule has 4 rings (SSSR count). The number of hydrogen-bond acceptors (Lipinski definition) is 4. The summed E-state index contributed by atoms with van der Waals surface area (Å²) in [5.74, 6) is 1.49. The van der Waals surface area contributed by atoms with Crippen molar-refractivity contribution < 1.29 is 0 Å². The van der Waals surface area contributed by atoms with E-state index in [9.17, 15) is 4.79 Å². The van der Waals surface area contributed by atoms with E-state index >= 15 is 0 Å². The Morgan fingerprint density at radius 1 is 0.742 bits per heavy atom. The monoisotopic (exact) mass is 572 g/mol. The average molecular weight is 574 g/mol. The maximum absolute atomic E-state index is 13.4. The molecular formula is C24H18Br2N2OS2. The Kier molecular flexibility index (Phi) is 7.72. The lowest BCUT2D eigenvalue weighted by molar-refractivity contribution is 0.756. The van der Waals surface area contributed by atoms with Crippen LogP contribution in [0.4, 0.5) is 0 Å². The third-order valence-corrected chi connectivity index (χ3v) is 7.95. The minimum absolute atomic E-state index is 0.0888. The van der Waals surface area contributed by atoms with Crippen molar-refractivity contribution in [3.63, 3.8) is 0 Å². The first kappa shape index (κ1) is 22.4. The van der Waals surface area contributed by atoms with Gasteiger partial charge < -0.3 is 0 Å². The summed E-state index contributed by atoms with van der Waals surface area (Å²) in [6.07, 6.45) is 1.81. The van der Waals surface area contributed by atoms with Gasteiger partial charge in [0.05, 0.1) is 16.8 Å². The van der Waals surface area contributed by atoms with Crippen LogP contribution >= 0.6 is 55.4 Å². The third kappa shape index (κ3) is 5.92. The lowest BCUT2D eigenvalue weighted by atomic mass is 10.2. The number of aromatic nitrogens is 2. The predicted octanol–water partition coefficient (Wildman–Crippen LogP) is 7.34. The van der Waals surface area contributed by atoms with Crippen LogP contribution in [0.15, 0.2) is 109 Å². The lowest BCUT2D eigenvalue weighted by Gasteiger charge is -2.12. The Hall–Kier alpha value is -1.80. The number of halogens is 2. The minimum atomic E-state index is -0.0888. The highest BCUT2D eigenvalue weighted by molar-refractivity contribution is 9.10. The van der Waals surface area contributed by atoms with E-state index in [-0.39, 0.29) is 5.56 Å². The van der Waals surface area contributed by atoms with E-state index in [1.807, 2.05) is 60.8 Å². The Morgan fingerprint density at radius 2 is 1.29 bits per heavy atom. The van der Waals surface area contributed by atoms with E-state index in [1.165, 1.54) is 15.8 Å². The van der Waals surface area contributed by atoms with Crippen LogP contribution in [0.5, 0.6) is 0 Å². The number of nitrogens with zero attached hydrogens (tertiary/aromatic N) is 2. The summed E-state index contributed by atoms with van der Waals surface area (Å²) in [7, 11) is 0. The smallest absolute Gasteiger partial charge is 0.266 e. The Morgan fingerprint density at radius 3 is 1.87 bits per heavy atom. The van der Waals surface area contributed by atoms with Gasteiger partial charge in [0.2, 0.25) is 0 Å². The van der Waals surface area contributed by atoms with Crippen LogP contribution in [0, 0.1) is 0 Å². The zero-order valence-electron chi connectivity index (χ0n) is 16.4. The molecule has 0 saturated heterocycles. The molecule has 1 aromatic heterocycles. The SMILES string of the molecule is O=c1c(SCc2ccc(Br)cc2)c(SCc2ccc(Br)cc2)cnn1-c1ccccc1. The molecule has 3 nitrogen and oxygen atoms in total. The van der Waals surface area contributed by atoms with Gasteiger partial charge in [0, 0.05) is 25.3 Å². The summed E-state index contributed by atoms with van der Waals surface area (Å²) in [5, 5.41) is 4.46. The number of rotatable bonds is 7. The maximum atomic E-state index is 13.4. The lowest BCUT2D eigenvalue weighted by Crippen LogP contribution is -2.23. The molecule has 1 heterocycles. The molecule has 0 atom stereocenters. The summed E-state index contributed by atoms with van der Waals surface area (Å²) in [4.78, 5) is 15.0. The van der Waals surface area contributed by atoms with Crippen molar-refractivity contribution in [2.24, 2.45) is 0 Å². The summed E-state index contributed by atoms with van der Waals surface area (Å²) >= 11 is 10.1. The van der Waals surface area contributed by atoms with Crippen molar-refractivity contribution in [3.8, 4) is 5.69 Å². The molecule has 0 unspecified atom stereocenters. The first-order chi connectivity index (χ1) is 15.1. The Labute approximate surface area is 206 Å². The summed E-state index contributed by atoms with van der Waals surface area (Å²) in [6, 6.07) is 26.0. The van der Waals surface area contributed by atoms with Crippen LogP contribution in [0.3, 0.4) is 0 Å². The topological polar surface area (TPSA) is 34.9 Å². The van der Waals surface area contributed by atoms with Gasteiger partial charge in [-0.05, 0) is 47.5 Å². The zero-order chi connectivity index (χ0) is 21.6. The molecule has 0 radical (unpaired) electrons. The van der Waals surface area contributed by atoms with Gasteiger partial charge in [0.15, 0.2) is 0 Å². The van der Waals surface area contributed by atoms with E-state index in [0.29, 0.717) is 5.75 Å². The first-order valence-corrected chi connectivity index (χ1v) is 13.1. The van der Waals surface area contributed by atoms with Crippen molar-refractivity contribution in [1.29, 1.82) is 0 Å². The maximum Gasteiger partial charge on any atom is 0.286 e. The zero-order valence-corrected chi connectivity index (χ0v) is 21.2. The van der Waals surface area contributed by atoms with Crippen molar-refractivity contribution in [2.45, 2.75) is 21.3 Å². The van der Waals surface area contributed by atoms with Gasteiger partial charge in [0.25, 0.3) is 5.56 Å². The van der Waals surface area contributed by atoms with E-state index in [0.717, 1.165) is 30.2 Å². The van der Waals surface area contributed by atoms with E-state index in [2.05, 4.69) is 61.2 Å². The normalized spacial score (nSPS) is 10.9. The molecule has 156 valence electrons. The van der Waals surface area contributed by atoms with E-state index < -0.39 is 0 Å². The second kappa shape index (κ2) is 10.7. The van der Waals surface area contributed by atoms with Crippen LogP contribution < -0.4 is 5.56 Å². The van der Waals surface area contributed by atoms with Gasteiger partial charge in [-0.2, -0.15) is 9.78 Å². The fourth-order valence-corrected chi connectivity index (χ4v) is 5.53.